The van der Waals surface area contributed by atoms with Crippen LogP contribution in [0.15, 0.2) is 18.2 Å². The Balaban J connectivity index is 2.62. The molecule has 1 aromatic carbocycles. The summed E-state index contributed by atoms with van der Waals surface area (Å²) in [5.41, 5.74) is 2.06. The van der Waals surface area contributed by atoms with Crippen LogP contribution in [0, 0.1) is 0 Å². The van der Waals surface area contributed by atoms with Crippen molar-refractivity contribution < 1.29 is 9.59 Å². The molecule has 0 fully saturated rings. The molecular weight excluding hydrogens is 204 g/mol. The van der Waals surface area contributed by atoms with Crippen molar-refractivity contribution >= 4 is 18.0 Å². The third-order valence-corrected chi connectivity index (χ3v) is 3.00. The van der Waals surface area contributed by atoms with Gasteiger partial charge in [-0.05, 0) is 31.0 Å². The smallest absolute Gasteiger partial charge is 0.230 e. The number of carbonyl (C=O) groups is 2. The predicted octanol–water partition coefficient (Wildman–Crippen LogP) is 1.16. The van der Waals surface area contributed by atoms with Gasteiger partial charge in [0.2, 0.25) is 12.3 Å². The van der Waals surface area contributed by atoms with Crippen LogP contribution >= 0.6 is 0 Å². The molecule has 0 atom stereocenters. The Morgan fingerprint density at radius 2 is 2.19 bits per heavy atom. The van der Waals surface area contributed by atoms with Crippen molar-refractivity contribution in [3.63, 3.8) is 0 Å². The average Bonchev–Trinajstić information content (AvgIpc) is 2.24. The third kappa shape index (κ3) is 1.46. The fourth-order valence-electron chi connectivity index (χ4n) is 2.18. The maximum atomic E-state index is 11.8. The topological polar surface area (TPSA) is 58.2 Å². The number of fused-ring (bicyclic) bond motifs is 1. The zero-order valence-corrected chi connectivity index (χ0v) is 9.33. The highest BCUT2D eigenvalue weighted by molar-refractivity contribution is 5.92. The largest absolute Gasteiger partial charge is 0.351 e. The molecule has 16 heavy (non-hydrogen) atoms. The van der Waals surface area contributed by atoms with Gasteiger partial charge in [-0.1, -0.05) is 12.1 Å². The summed E-state index contributed by atoms with van der Waals surface area (Å²) in [7, 11) is 0. The highest BCUT2D eigenvalue weighted by atomic mass is 16.2. The lowest BCUT2D eigenvalue weighted by atomic mass is 9.77. The summed E-state index contributed by atoms with van der Waals surface area (Å²) < 4.78 is 0. The molecule has 0 bridgehead atoms. The fourth-order valence-corrected chi connectivity index (χ4v) is 2.18. The lowest BCUT2D eigenvalue weighted by Crippen LogP contribution is -2.45. The number of nitrogens with one attached hydrogen (secondary N) is 2. The number of rotatable bonds is 2. The SMILES string of the molecule is CC1(C)C(=O)NCc2cccc(NC=O)c21. The minimum atomic E-state index is -0.611. The van der Waals surface area contributed by atoms with Gasteiger partial charge >= 0.3 is 0 Å². The first-order valence-corrected chi connectivity index (χ1v) is 5.18. The molecular formula is C12H14N2O2. The summed E-state index contributed by atoms with van der Waals surface area (Å²) in [6, 6.07) is 5.65. The molecule has 2 amide bonds. The molecule has 1 aromatic rings. The van der Waals surface area contributed by atoms with Crippen LogP contribution in [-0.2, 0) is 21.5 Å². The molecule has 0 saturated carbocycles. The molecule has 4 nitrogen and oxygen atoms in total. The van der Waals surface area contributed by atoms with Crippen LogP contribution in [0.2, 0.25) is 0 Å². The minimum absolute atomic E-state index is 0.0138. The zero-order valence-electron chi connectivity index (χ0n) is 9.33. The summed E-state index contributed by atoms with van der Waals surface area (Å²) in [5, 5.41) is 5.49. The Labute approximate surface area is 94.0 Å². The van der Waals surface area contributed by atoms with Crippen LogP contribution in [0.1, 0.15) is 25.0 Å². The molecule has 1 heterocycles. The number of benzene rings is 1. The van der Waals surface area contributed by atoms with Gasteiger partial charge in [0.05, 0.1) is 5.41 Å². The van der Waals surface area contributed by atoms with Crippen LogP contribution in [0.5, 0.6) is 0 Å². The quantitative estimate of drug-likeness (QED) is 0.732. The molecule has 1 aliphatic heterocycles. The van der Waals surface area contributed by atoms with E-state index in [4.69, 9.17) is 0 Å². The van der Waals surface area contributed by atoms with Gasteiger partial charge in [0.25, 0.3) is 0 Å². The number of amides is 2. The van der Waals surface area contributed by atoms with E-state index in [0.717, 1.165) is 11.1 Å². The standard InChI is InChI=1S/C12H14N2O2/c1-12(2)10-8(6-13-11(12)16)4-3-5-9(10)14-7-15/h3-5,7H,6H2,1-2H3,(H,13,16)(H,14,15). The van der Waals surface area contributed by atoms with Crippen molar-refractivity contribution in [2.45, 2.75) is 25.8 Å². The van der Waals surface area contributed by atoms with E-state index < -0.39 is 5.41 Å². The van der Waals surface area contributed by atoms with Gasteiger partial charge in [-0.15, -0.1) is 0 Å². The van der Waals surface area contributed by atoms with E-state index in [-0.39, 0.29) is 5.91 Å². The van der Waals surface area contributed by atoms with E-state index in [1.807, 2.05) is 32.0 Å². The predicted molar refractivity (Wildman–Crippen MR) is 61.0 cm³/mol. The van der Waals surface area contributed by atoms with Gasteiger partial charge in [0.15, 0.2) is 0 Å². The first-order valence-electron chi connectivity index (χ1n) is 5.18. The van der Waals surface area contributed by atoms with Crippen LogP contribution < -0.4 is 10.6 Å². The zero-order chi connectivity index (χ0) is 11.8. The summed E-state index contributed by atoms with van der Waals surface area (Å²) in [6.45, 7) is 4.23. The second-order valence-electron chi connectivity index (χ2n) is 4.41. The Kier molecular flexibility index (Phi) is 2.42. The lowest BCUT2D eigenvalue weighted by Gasteiger charge is -2.33. The number of anilines is 1. The second-order valence-corrected chi connectivity index (χ2v) is 4.41. The van der Waals surface area contributed by atoms with Crippen molar-refractivity contribution in [3.05, 3.63) is 29.3 Å². The molecule has 0 radical (unpaired) electrons. The van der Waals surface area contributed by atoms with Crippen LogP contribution in [0.25, 0.3) is 0 Å². The van der Waals surface area contributed by atoms with E-state index in [2.05, 4.69) is 10.6 Å². The van der Waals surface area contributed by atoms with Crippen molar-refractivity contribution in [3.8, 4) is 0 Å². The van der Waals surface area contributed by atoms with Crippen molar-refractivity contribution in [1.82, 2.24) is 5.32 Å². The Bertz CT molecular complexity index is 452. The van der Waals surface area contributed by atoms with Gasteiger partial charge in [-0.3, -0.25) is 9.59 Å². The first kappa shape index (κ1) is 10.7. The van der Waals surface area contributed by atoms with Crippen LogP contribution in [0.4, 0.5) is 5.69 Å². The number of carbonyl (C=O) groups excluding carboxylic acids is 2. The summed E-state index contributed by atoms with van der Waals surface area (Å²) in [5.74, 6) is -0.0138. The Hall–Kier alpha value is -1.84. The molecule has 2 N–H and O–H groups in total. The molecule has 0 saturated heterocycles. The normalized spacial score (nSPS) is 17.2. The monoisotopic (exact) mass is 218 g/mol. The summed E-state index contributed by atoms with van der Waals surface area (Å²) in [6.07, 6.45) is 0.637. The van der Waals surface area contributed by atoms with Crippen LogP contribution in [0.3, 0.4) is 0 Å². The number of hydrogen-bond donors (Lipinski definition) is 2. The molecule has 2 rings (SSSR count). The lowest BCUT2D eigenvalue weighted by molar-refractivity contribution is -0.126. The molecule has 0 unspecified atom stereocenters. The van der Waals surface area contributed by atoms with Gasteiger partial charge in [0, 0.05) is 12.2 Å². The molecule has 84 valence electrons. The average molecular weight is 218 g/mol. The Morgan fingerprint density at radius 1 is 1.44 bits per heavy atom. The van der Waals surface area contributed by atoms with E-state index in [0.29, 0.717) is 18.6 Å². The second kappa shape index (κ2) is 3.63. The molecule has 1 aliphatic rings. The Morgan fingerprint density at radius 3 is 2.88 bits per heavy atom. The minimum Gasteiger partial charge on any atom is -0.351 e. The fraction of sp³-hybridized carbons (Fsp3) is 0.333. The highest BCUT2D eigenvalue weighted by Crippen LogP contribution is 2.35. The highest BCUT2D eigenvalue weighted by Gasteiger charge is 2.37. The van der Waals surface area contributed by atoms with E-state index in [1.54, 1.807) is 0 Å². The van der Waals surface area contributed by atoms with Crippen LogP contribution in [-0.4, -0.2) is 12.3 Å². The number of hydrogen-bond acceptors (Lipinski definition) is 2. The molecule has 0 aromatic heterocycles. The maximum absolute atomic E-state index is 11.8. The van der Waals surface area contributed by atoms with Crippen molar-refractivity contribution in [2.75, 3.05) is 5.32 Å². The van der Waals surface area contributed by atoms with Gasteiger partial charge < -0.3 is 10.6 Å². The molecule has 4 heteroatoms. The van der Waals surface area contributed by atoms with Crippen molar-refractivity contribution in [2.24, 2.45) is 0 Å². The third-order valence-electron chi connectivity index (χ3n) is 3.00. The first-order chi connectivity index (χ1) is 7.57. The molecule has 0 aliphatic carbocycles. The maximum Gasteiger partial charge on any atom is 0.230 e. The van der Waals surface area contributed by atoms with E-state index >= 15 is 0 Å². The summed E-state index contributed by atoms with van der Waals surface area (Å²) >= 11 is 0. The summed E-state index contributed by atoms with van der Waals surface area (Å²) in [4.78, 5) is 22.3. The van der Waals surface area contributed by atoms with Gasteiger partial charge in [-0.25, -0.2) is 0 Å². The van der Waals surface area contributed by atoms with Gasteiger partial charge in [-0.2, -0.15) is 0 Å². The van der Waals surface area contributed by atoms with Crippen molar-refractivity contribution in [1.29, 1.82) is 0 Å². The van der Waals surface area contributed by atoms with Gasteiger partial charge in [0.1, 0.15) is 0 Å². The van der Waals surface area contributed by atoms with E-state index in [1.165, 1.54) is 0 Å². The molecule has 0 spiro atoms. The van der Waals surface area contributed by atoms with E-state index in [9.17, 15) is 9.59 Å².